The van der Waals surface area contributed by atoms with Crippen molar-refractivity contribution < 1.29 is 9.90 Å². The number of carboxylic acid groups (broad SMARTS) is 1. The molecule has 0 unspecified atom stereocenters. The van der Waals surface area contributed by atoms with Gasteiger partial charge in [-0.1, -0.05) is 37.2 Å². The molecular formula is C12H11ClN2O2S2. The maximum atomic E-state index is 11.0. The van der Waals surface area contributed by atoms with Gasteiger partial charge in [-0.15, -0.1) is 0 Å². The molecule has 0 aliphatic heterocycles. The summed E-state index contributed by atoms with van der Waals surface area (Å²) in [7, 11) is 0. The second-order valence-corrected chi connectivity index (χ2v) is 6.60. The van der Waals surface area contributed by atoms with Gasteiger partial charge in [-0.3, -0.25) is 0 Å². The number of carbonyl (C=O) groups is 1. The van der Waals surface area contributed by atoms with E-state index < -0.39 is 5.97 Å². The third-order valence-electron chi connectivity index (χ3n) is 2.31. The maximum absolute atomic E-state index is 11.0. The Bertz CT molecular complexity index is 614. The molecule has 0 aliphatic carbocycles. The number of nitrogens with zero attached hydrogens (tertiary/aromatic N) is 2. The first-order valence-electron chi connectivity index (χ1n) is 5.51. The van der Waals surface area contributed by atoms with E-state index in [-0.39, 0.29) is 16.5 Å². The largest absolute Gasteiger partial charge is 0.478 e. The normalized spacial score (nSPS) is 10.9. The van der Waals surface area contributed by atoms with Crippen LogP contribution in [0.2, 0.25) is 5.02 Å². The molecule has 0 amide bonds. The molecule has 1 aromatic carbocycles. The summed E-state index contributed by atoms with van der Waals surface area (Å²) < 4.78 is 5.05. The molecule has 19 heavy (non-hydrogen) atoms. The van der Waals surface area contributed by atoms with Crippen molar-refractivity contribution in [3.05, 3.63) is 34.6 Å². The highest BCUT2D eigenvalue weighted by Gasteiger charge is 2.12. The molecule has 0 saturated heterocycles. The predicted molar refractivity (Wildman–Crippen MR) is 76.5 cm³/mol. The Morgan fingerprint density at radius 1 is 1.47 bits per heavy atom. The van der Waals surface area contributed by atoms with E-state index in [0.29, 0.717) is 0 Å². The summed E-state index contributed by atoms with van der Waals surface area (Å²) >= 11 is 8.53. The molecule has 0 aliphatic rings. The second kappa shape index (κ2) is 5.90. The standard InChI is InChI=1S/C12H11ClN2O2S2/c1-6(2)10-14-12(19-15-10)18-7-3-4-9(13)8(5-7)11(16)17/h3-6H,1-2H3,(H,16,17). The van der Waals surface area contributed by atoms with E-state index in [2.05, 4.69) is 9.36 Å². The van der Waals surface area contributed by atoms with E-state index in [1.807, 2.05) is 13.8 Å². The molecule has 0 spiro atoms. The van der Waals surface area contributed by atoms with Crippen LogP contribution in [0.5, 0.6) is 0 Å². The number of benzene rings is 1. The maximum Gasteiger partial charge on any atom is 0.337 e. The fraction of sp³-hybridized carbons (Fsp3) is 0.250. The Balaban J connectivity index is 2.23. The minimum atomic E-state index is -1.03. The molecular weight excluding hydrogens is 304 g/mol. The number of hydrogen-bond acceptors (Lipinski definition) is 5. The summed E-state index contributed by atoms with van der Waals surface area (Å²) in [5.74, 6) is 0.0536. The lowest BCUT2D eigenvalue weighted by Gasteiger charge is -2.02. The summed E-state index contributed by atoms with van der Waals surface area (Å²) in [6.45, 7) is 4.06. The average molecular weight is 315 g/mol. The number of halogens is 1. The van der Waals surface area contributed by atoms with Crippen LogP contribution < -0.4 is 0 Å². The zero-order chi connectivity index (χ0) is 14.0. The van der Waals surface area contributed by atoms with E-state index in [9.17, 15) is 4.79 Å². The molecule has 1 aromatic heterocycles. The molecule has 0 bridgehead atoms. The molecule has 0 fully saturated rings. The SMILES string of the molecule is CC(C)c1nsc(Sc2ccc(Cl)c(C(=O)O)c2)n1. The van der Waals surface area contributed by atoms with Crippen LogP contribution in [0.25, 0.3) is 0 Å². The Kier molecular flexibility index (Phi) is 4.44. The number of aromatic nitrogens is 2. The highest BCUT2D eigenvalue weighted by atomic mass is 35.5. The van der Waals surface area contributed by atoms with Crippen LogP contribution in [-0.2, 0) is 0 Å². The molecule has 0 radical (unpaired) electrons. The van der Waals surface area contributed by atoms with E-state index in [1.54, 1.807) is 18.2 Å². The Labute approximate surface area is 124 Å². The monoisotopic (exact) mass is 314 g/mol. The highest BCUT2D eigenvalue weighted by Crippen LogP contribution is 2.32. The van der Waals surface area contributed by atoms with Crippen LogP contribution in [-0.4, -0.2) is 20.4 Å². The van der Waals surface area contributed by atoms with E-state index in [1.165, 1.54) is 23.3 Å². The smallest absolute Gasteiger partial charge is 0.337 e. The minimum Gasteiger partial charge on any atom is -0.478 e. The highest BCUT2D eigenvalue weighted by molar-refractivity contribution is 8.01. The van der Waals surface area contributed by atoms with Gasteiger partial charge in [-0.25, -0.2) is 9.78 Å². The molecule has 2 rings (SSSR count). The van der Waals surface area contributed by atoms with Crippen molar-refractivity contribution in [2.75, 3.05) is 0 Å². The van der Waals surface area contributed by atoms with Gasteiger partial charge in [0.1, 0.15) is 5.82 Å². The van der Waals surface area contributed by atoms with Gasteiger partial charge >= 0.3 is 5.97 Å². The van der Waals surface area contributed by atoms with E-state index in [0.717, 1.165) is 15.1 Å². The van der Waals surface area contributed by atoms with Crippen molar-refractivity contribution in [2.45, 2.75) is 29.0 Å². The zero-order valence-electron chi connectivity index (χ0n) is 10.3. The van der Waals surface area contributed by atoms with Crippen molar-refractivity contribution in [2.24, 2.45) is 0 Å². The minimum absolute atomic E-state index is 0.0975. The van der Waals surface area contributed by atoms with Crippen LogP contribution in [0.15, 0.2) is 27.4 Å². The number of aromatic carboxylic acids is 1. The van der Waals surface area contributed by atoms with Crippen molar-refractivity contribution in [1.82, 2.24) is 9.36 Å². The number of hydrogen-bond donors (Lipinski definition) is 1. The Morgan fingerprint density at radius 3 is 2.79 bits per heavy atom. The predicted octanol–water partition coefficient (Wildman–Crippen LogP) is 4.16. The van der Waals surface area contributed by atoms with E-state index in [4.69, 9.17) is 16.7 Å². The van der Waals surface area contributed by atoms with Gasteiger partial charge in [0.05, 0.1) is 10.6 Å². The molecule has 0 atom stereocenters. The van der Waals surface area contributed by atoms with Gasteiger partial charge in [0, 0.05) is 10.8 Å². The number of carboxylic acids is 1. The molecule has 4 nitrogen and oxygen atoms in total. The van der Waals surface area contributed by atoms with Gasteiger partial charge in [-0.2, -0.15) is 4.37 Å². The van der Waals surface area contributed by atoms with Crippen molar-refractivity contribution >= 4 is 40.9 Å². The molecule has 7 heteroatoms. The summed E-state index contributed by atoms with van der Waals surface area (Å²) in [5, 5.41) is 9.25. The van der Waals surface area contributed by atoms with Crippen LogP contribution in [0, 0.1) is 0 Å². The van der Waals surface area contributed by atoms with Crippen molar-refractivity contribution in [1.29, 1.82) is 0 Å². The summed E-state index contributed by atoms with van der Waals surface area (Å²) in [6.07, 6.45) is 0. The Hall–Kier alpha value is -1.11. The third kappa shape index (κ3) is 3.46. The van der Waals surface area contributed by atoms with Gasteiger partial charge in [-0.05, 0) is 29.7 Å². The lowest BCUT2D eigenvalue weighted by atomic mass is 10.2. The van der Waals surface area contributed by atoms with Crippen LogP contribution in [0.4, 0.5) is 0 Å². The van der Waals surface area contributed by atoms with Crippen LogP contribution in [0.3, 0.4) is 0 Å². The summed E-state index contributed by atoms with van der Waals surface area (Å²) in [6, 6.07) is 4.90. The molecule has 1 N–H and O–H groups in total. The van der Waals surface area contributed by atoms with Gasteiger partial charge in [0.15, 0.2) is 4.34 Å². The summed E-state index contributed by atoms with van der Waals surface area (Å²) in [5.41, 5.74) is 0.0975. The van der Waals surface area contributed by atoms with E-state index >= 15 is 0 Å². The van der Waals surface area contributed by atoms with Gasteiger partial charge < -0.3 is 5.11 Å². The first-order valence-corrected chi connectivity index (χ1v) is 7.48. The fourth-order valence-electron chi connectivity index (χ4n) is 1.33. The summed E-state index contributed by atoms with van der Waals surface area (Å²) in [4.78, 5) is 16.2. The first kappa shape index (κ1) is 14.3. The Morgan fingerprint density at radius 2 is 2.21 bits per heavy atom. The molecule has 1 heterocycles. The lowest BCUT2D eigenvalue weighted by Crippen LogP contribution is -1.97. The zero-order valence-corrected chi connectivity index (χ0v) is 12.6. The quantitative estimate of drug-likeness (QED) is 0.917. The van der Waals surface area contributed by atoms with Crippen molar-refractivity contribution in [3.63, 3.8) is 0 Å². The van der Waals surface area contributed by atoms with Crippen molar-refractivity contribution in [3.8, 4) is 0 Å². The number of rotatable bonds is 4. The lowest BCUT2D eigenvalue weighted by molar-refractivity contribution is 0.0697. The van der Waals surface area contributed by atoms with Crippen LogP contribution in [0.1, 0.15) is 35.9 Å². The van der Waals surface area contributed by atoms with Crippen LogP contribution >= 0.6 is 34.9 Å². The van der Waals surface area contributed by atoms with Gasteiger partial charge in [0.25, 0.3) is 0 Å². The molecule has 0 saturated carbocycles. The molecule has 2 aromatic rings. The second-order valence-electron chi connectivity index (χ2n) is 4.12. The third-order valence-corrected chi connectivity index (χ3v) is 4.40. The fourth-order valence-corrected chi connectivity index (χ4v) is 3.29. The topological polar surface area (TPSA) is 63.1 Å². The van der Waals surface area contributed by atoms with Gasteiger partial charge in [0.2, 0.25) is 0 Å². The first-order chi connectivity index (χ1) is 8.97. The average Bonchev–Trinajstić information content (AvgIpc) is 2.80. The molecule has 100 valence electrons.